The Morgan fingerprint density at radius 3 is 1.70 bits per heavy atom. The summed E-state index contributed by atoms with van der Waals surface area (Å²) in [7, 11) is 0.792. The number of unbranched alkanes of at least 4 members (excludes halogenated alkanes) is 8. The Hall–Kier alpha value is -0.220. The van der Waals surface area contributed by atoms with Crippen molar-refractivity contribution in [3.63, 3.8) is 0 Å². The molecule has 0 rings (SSSR count). The quantitative estimate of drug-likeness (QED) is 0.205. The van der Waals surface area contributed by atoms with Gasteiger partial charge in [-0.1, -0.05) is 58.3 Å². The third-order valence-corrected chi connectivity index (χ3v) is 6.82. The molecule has 0 aromatic heterocycles. The van der Waals surface area contributed by atoms with E-state index >= 15 is 0 Å². The predicted molar refractivity (Wildman–Crippen MR) is 115 cm³/mol. The van der Waals surface area contributed by atoms with E-state index < -0.39 is 14.5 Å². The Kier molecular flexibility index (Phi) is 16.6. The lowest BCUT2D eigenvalue weighted by Crippen LogP contribution is -2.33. The molecule has 0 amide bonds. The fourth-order valence-electron chi connectivity index (χ4n) is 3.24. The lowest BCUT2D eigenvalue weighted by Gasteiger charge is -2.34. The largest absolute Gasteiger partial charge is 0.481 e. The maximum absolute atomic E-state index is 10.7. The smallest absolute Gasteiger partial charge is 0.306 e. The summed E-state index contributed by atoms with van der Waals surface area (Å²) >= 11 is 0. The Labute approximate surface area is 169 Å². The minimum Gasteiger partial charge on any atom is -0.481 e. The molecule has 0 bridgehead atoms. The van der Waals surface area contributed by atoms with Crippen molar-refractivity contribution in [1.29, 1.82) is 0 Å². The summed E-state index contributed by atoms with van der Waals surface area (Å²) in [6, 6.07) is 0.840. The fourth-order valence-corrected chi connectivity index (χ4v) is 4.71. The molecule has 6 heteroatoms. The number of carboxylic acids is 1. The van der Waals surface area contributed by atoms with Crippen LogP contribution in [-0.2, 0) is 13.8 Å². The van der Waals surface area contributed by atoms with Crippen molar-refractivity contribution in [3.05, 3.63) is 0 Å². The molecule has 162 valence electrons. The van der Waals surface area contributed by atoms with Gasteiger partial charge in [0, 0.05) is 19.2 Å². The van der Waals surface area contributed by atoms with E-state index in [1.165, 1.54) is 38.5 Å². The summed E-state index contributed by atoms with van der Waals surface area (Å²) < 4.78 is 13.9. The van der Waals surface area contributed by atoms with Gasteiger partial charge in [0.15, 0.2) is 0 Å². The summed E-state index contributed by atoms with van der Waals surface area (Å²) in [4.78, 5) is 10.7. The van der Waals surface area contributed by atoms with E-state index in [4.69, 9.17) is 14.2 Å². The minimum atomic E-state index is -0.949. The molecule has 1 N–H and O–H groups in total. The van der Waals surface area contributed by atoms with Gasteiger partial charge in [0.1, 0.15) is 0 Å². The first kappa shape index (κ1) is 26.8. The average molecular weight is 406 g/mol. The molecule has 27 heavy (non-hydrogen) atoms. The normalized spacial score (nSPS) is 14.3. The molecule has 0 radical (unpaired) electrons. The number of aliphatic carboxylic acids is 1. The van der Waals surface area contributed by atoms with E-state index in [0.29, 0.717) is 12.1 Å². The highest BCUT2D eigenvalue weighted by atomic mass is 31.2. The lowest BCUT2D eigenvalue weighted by atomic mass is 10.0. The Balaban J connectivity index is 3.57. The van der Waals surface area contributed by atoms with E-state index in [1.54, 1.807) is 14.0 Å². The molecule has 0 saturated heterocycles. The zero-order valence-electron chi connectivity index (χ0n) is 18.6. The number of rotatable bonds is 18. The minimum absolute atomic E-state index is 0.195. The highest BCUT2D eigenvalue weighted by Gasteiger charge is 2.25. The van der Waals surface area contributed by atoms with Gasteiger partial charge in [0.25, 0.3) is 8.53 Å². The fraction of sp³-hybridized carbons (Fsp3) is 0.952. The molecule has 2 atom stereocenters. The zero-order chi connectivity index (χ0) is 20.7. The van der Waals surface area contributed by atoms with Crippen LogP contribution in [0.2, 0.25) is 0 Å². The second kappa shape index (κ2) is 16.7. The van der Waals surface area contributed by atoms with Crippen molar-refractivity contribution >= 4 is 14.5 Å². The molecular formula is C21H44NO4P. The SMILES string of the molecule is COP(OCCCCCCCCCCCC(C)C(=O)O)N(C(C)C)C(C)C. The molecule has 0 fully saturated rings. The summed E-state index contributed by atoms with van der Waals surface area (Å²) in [6.45, 7) is 11.3. The molecule has 0 saturated carbocycles. The molecule has 0 aliphatic rings. The monoisotopic (exact) mass is 405 g/mol. The highest BCUT2D eigenvalue weighted by molar-refractivity contribution is 7.44. The standard InChI is InChI=1S/C21H44NO4P/c1-18(2)22(19(3)4)27(25-6)26-17-15-13-11-9-7-8-10-12-14-16-20(5)21(23)24/h18-20H,7-17H2,1-6H3,(H,23,24). The lowest BCUT2D eigenvalue weighted by molar-refractivity contribution is -0.141. The van der Waals surface area contributed by atoms with Gasteiger partial charge in [-0.05, 0) is 40.5 Å². The van der Waals surface area contributed by atoms with Crippen molar-refractivity contribution in [2.45, 2.75) is 111 Å². The predicted octanol–water partition coefficient (Wildman–Crippen LogP) is 6.62. The van der Waals surface area contributed by atoms with Crippen LogP contribution in [0.3, 0.4) is 0 Å². The van der Waals surface area contributed by atoms with E-state index in [0.717, 1.165) is 32.3 Å². The Bertz CT molecular complexity index is 358. The van der Waals surface area contributed by atoms with Crippen LogP contribution in [0.1, 0.15) is 98.8 Å². The Morgan fingerprint density at radius 2 is 1.30 bits per heavy atom. The van der Waals surface area contributed by atoms with E-state index in [2.05, 4.69) is 32.4 Å². The van der Waals surface area contributed by atoms with E-state index in [1.807, 2.05) is 0 Å². The van der Waals surface area contributed by atoms with Crippen LogP contribution in [0.5, 0.6) is 0 Å². The molecule has 5 nitrogen and oxygen atoms in total. The number of hydrogen-bond donors (Lipinski definition) is 1. The number of carboxylic acid groups (broad SMARTS) is 1. The Morgan fingerprint density at radius 1 is 0.852 bits per heavy atom. The zero-order valence-corrected chi connectivity index (χ0v) is 19.5. The topological polar surface area (TPSA) is 59.0 Å². The van der Waals surface area contributed by atoms with Crippen molar-refractivity contribution in [2.24, 2.45) is 5.92 Å². The molecule has 0 aromatic carbocycles. The molecule has 0 aliphatic heterocycles. The maximum Gasteiger partial charge on any atom is 0.306 e. The van der Waals surface area contributed by atoms with Crippen molar-refractivity contribution in [2.75, 3.05) is 13.7 Å². The van der Waals surface area contributed by atoms with Gasteiger partial charge in [0.05, 0.1) is 12.5 Å². The van der Waals surface area contributed by atoms with E-state index in [9.17, 15) is 4.79 Å². The molecule has 0 aliphatic carbocycles. The second-order valence-corrected chi connectivity index (χ2v) is 9.59. The number of carbonyl (C=O) groups is 1. The van der Waals surface area contributed by atoms with Gasteiger partial charge in [0.2, 0.25) is 0 Å². The molecule has 2 unspecified atom stereocenters. The van der Waals surface area contributed by atoms with Gasteiger partial charge < -0.3 is 14.2 Å². The van der Waals surface area contributed by atoms with Crippen molar-refractivity contribution in [1.82, 2.24) is 4.67 Å². The third-order valence-electron chi connectivity index (χ3n) is 4.81. The second-order valence-electron chi connectivity index (χ2n) is 8.03. The molecule has 0 spiro atoms. The van der Waals surface area contributed by atoms with Gasteiger partial charge in [-0.15, -0.1) is 0 Å². The third kappa shape index (κ3) is 13.6. The van der Waals surface area contributed by atoms with Crippen LogP contribution in [0.4, 0.5) is 0 Å². The molecule has 0 aromatic rings. The molecule has 0 heterocycles. The first-order valence-electron chi connectivity index (χ1n) is 10.8. The van der Waals surface area contributed by atoms with Crippen molar-refractivity contribution < 1.29 is 18.9 Å². The molecular weight excluding hydrogens is 361 g/mol. The average Bonchev–Trinajstić information content (AvgIpc) is 2.60. The first-order valence-corrected chi connectivity index (χ1v) is 11.9. The van der Waals surface area contributed by atoms with Crippen LogP contribution in [0.15, 0.2) is 0 Å². The van der Waals surface area contributed by atoms with Crippen LogP contribution in [0, 0.1) is 5.92 Å². The van der Waals surface area contributed by atoms with Crippen LogP contribution >= 0.6 is 8.53 Å². The highest BCUT2D eigenvalue weighted by Crippen LogP contribution is 2.45. The van der Waals surface area contributed by atoms with E-state index in [-0.39, 0.29) is 5.92 Å². The first-order chi connectivity index (χ1) is 12.8. The summed E-state index contributed by atoms with van der Waals surface area (Å²) in [5.74, 6) is -0.863. The van der Waals surface area contributed by atoms with Crippen LogP contribution in [-0.4, -0.2) is 41.5 Å². The van der Waals surface area contributed by atoms with Gasteiger partial charge in [-0.3, -0.25) is 4.79 Å². The van der Waals surface area contributed by atoms with Gasteiger partial charge >= 0.3 is 5.97 Å². The van der Waals surface area contributed by atoms with Gasteiger partial charge in [-0.25, -0.2) is 4.67 Å². The van der Waals surface area contributed by atoms with Gasteiger partial charge in [-0.2, -0.15) is 0 Å². The summed E-state index contributed by atoms with van der Waals surface area (Å²) in [5.41, 5.74) is 0. The number of hydrogen-bond acceptors (Lipinski definition) is 4. The summed E-state index contributed by atoms with van der Waals surface area (Å²) in [6.07, 6.45) is 11.7. The van der Waals surface area contributed by atoms with Crippen LogP contribution in [0.25, 0.3) is 0 Å². The maximum atomic E-state index is 10.7. The number of nitrogens with zero attached hydrogens (tertiary/aromatic N) is 1. The summed E-state index contributed by atoms with van der Waals surface area (Å²) in [5, 5.41) is 8.85. The van der Waals surface area contributed by atoms with Crippen molar-refractivity contribution in [3.8, 4) is 0 Å². The van der Waals surface area contributed by atoms with Crippen LogP contribution < -0.4 is 0 Å².